The molecule has 5 rings (SSSR count). The third-order valence-corrected chi connectivity index (χ3v) is 12.1. The summed E-state index contributed by atoms with van der Waals surface area (Å²) in [6, 6.07) is 4.41. The Morgan fingerprint density at radius 3 is 1.54 bits per heavy atom. The van der Waals surface area contributed by atoms with Gasteiger partial charge in [-0.3, -0.25) is 32.9 Å². The first-order chi connectivity index (χ1) is 25.9. The molecular formula is C26H19N7O19S5. The summed E-state index contributed by atoms with van der Waals surface area (Å²) in [5.41, 5.74) is 4.93. The van der Waals surface area contributed by atoms with Crippen molar-refractivity contribution >= 4 is 112 Å². The van der Waals surface area contributed by atoms with E-state index in [1.54, 1.807) is 0 Å². The zero-order valence-electron chi connectivity index (χ0n) is 27.1. The van der Waals surface area contributed by atoms with Crippen molar-refractivity contribution < 1.29 is 80.0 Å². The van der Waals surface area contributed by atoms with Gasteiger partial charge >= 0.3 is 0 Å². The van der Waals surface area contributed by atoms with E-state index in [1.807, 2.05) is 0 Å². The van der Waals surface area contributed by atoms with Crippen LogP contribution in [0.25, 0.3) is 21.5 Å². The first-order valence-corrected chi connectivity index (χ1v) is 21.3. The Bertz CT molecular complexity index is 3280. The first kappa shape index (κ1) is 42.1. The topological polar surface area (TPSA) is 457 Å². The summed E-state index contributed by atoms with van der Waals surface area (Å²) in [5, 5.41) is 43.6. The van der Waals surface area contributed by atoms with E-state index >= 15 is 0 Å². The Morgan fingerprint density at radius 1 is 0.509 bits per heavy atom. The number of nitrogens with two attached hydrogens (primary N) is 2. The molecule has 0 amide bonds. The molecule has 0 spiro atoms. The van der Waals surface area contributed by atoms with Crippen LogP contribution in [0.3, 0.4) is 0 Å². The van der Waals surface area contributed by atoms with Crippen LogP contribution in [0, 0.1) is 10.1 Å². The number of aromatic hydroxyl groups is 2. The number of phenols is 2. The number of hydrogen-bond acceptors (Lipinski definition) is 20. The molecule has 0 atom stereocenters. The zero-order chi connectivity index (χ0) is 43.0. The van der Waals surface area contributed by atoms with Crippen LogP contribution in [0.5, 0.6) is 11.5 Å². The highest BCUT2D eigenvalue weighted by Crippen LogP contribution is 2.49. The number of fused-ring (bicyclic) bond motifs is 2. The van der Waals surface area contributed by atoms with Gasteiger partial charge in [-0.2, -0.15) is 42.1 Å². The highest BCUT2D eigenvalue weighted by Gasteiger charge is 2.30. The van der Waals surface area contributed by atoms with Gasteiger partial charge in [0.05, 0.1) is 21.7 Å². The second-order valence-corrected chi connectivity index (χ2v) is 18.1. The van der Waals surface area contributed by atoms with Gasteiger partial charge in [-0.25, -0.2) is 0 Å². The fraction of sp³-hybridized carbons (Fsp3) is 0. The minimum absolute atomic E-state index is 0.295. The van der Waals surface area contributed by atoms with Gasteiger partial charge in [0.2, 0.25) is 0 Å². The van der Waals surface area contributed by atoms with Crippen molar-refractivity contribution in [3.05, 3.63) is 58.6 Å². The van der Waals surface area contributed by atoms with E-state index in [2.05, 4.69) is 20.5 Å². The number of rotatable bonds is 10. The van der Waals surface area contributed by atoms with Crippen LogP contribution in [-0.4, -0.2) is 80.0 Å². The van der Waals surface area contributed by atoms with Gasteiger partial charge in [-0.05, 0) is 36.4 Å². The Balaban J connectivity index is 1.85. The van der Waals surface area contributed by atoms with Gasteiger partial charge in [0.1, 0.15) is 53.0 Å². The third kappa shape index (κ3) is 7.99. The molecule has 5 aromatic carbocycles. The van der Waals surface area contributed by atoms with Crippen LogP contribution < -0.4 is 11.5 Å². The Hall–Kier alpha value is -6.03. The van der Waals surface area contributed by atoms with E-state index in [1.165, 1.54) is 0 Å². The predicted octanol–water partition coefficient (Wildman–Crippen LogP) is 3.54. The van der Waals surface area contributed by atoms with Crippen LogP contribution in [-0.2, 0) is 50.6 Å². The molecule has 5 aromatic rings. The number of nitro benzene ring substituents is 1. The SMILES string of the molecule is Nc1c(S(=O)(=O)O)cc2c(S(=O)(=O)O)c(N=Nc3cc(S(=O)(=O)O)c4cc(S(=O)(=O)O)c(N=Nc5ccc([N+](=O)[O-])cc5S(=O)(=O)O)c(O)c4c3N)ccc2c1O. The van der Waals surface area contributed by atoms with Gasteiger partial charge in [-0.15, -0.1) is 20.5 Å². The second kappa shape index (κ2) is 13.9. The number of benzene rings is 5. The summed E-state index contributed by atoms with van der Waals surface area (Å²) in [6.07, 6.45) is 0. The van der Waals surface area contributed by atoms with E-state index in [0.717, 1.165) is 12.1 Å². The maximum Gasteiger partial charge on any atom is 0.297 e. The lowest BCUT2D eigenvalue weighted by molar-refractivity contribution is -0.385. The number of hydrogen-bond donors (Lipinski definition) is 9. The van der Waals surface area contributed by atoms with E-state index in [0.29, 0.717) is 36.4 Å². The quantitative estimate of drug-likeness (QED) is 0.0242. The number of anilines is 2. The number of nitro groups is 1. The highest BCUT2D eigenvalue weighted by atomic mass is 32.2. The smallest absolute Gasteiger partial charge is 0.297 e. The monoisotopic (exact) mass is 893 g/mol. The normalized spacial score (nSPS) is 13.3. The van der Waals surface area contributed by atoms with Gasteiger partial charge in [0.25, 0.3) is 56.3 Å². The average Bonchev–Trinajstić information content (AvgIpc) is 3.05. The van der Waals surface area contributed by atoms with Crippen molar-refractivity contribution in [3.63, 3.8) is 0 Å². The molecule has 0 aliphatic carbocycles. The van der Waals surface area contributed by atoms with Crippen LogP contribution in [0.15, 0.2) is 93.5 Å². The molecule has 11 N–H and O–H groups in total. The largest absolute Gasteiger partial charge is 0.505 e. The Morgan fingerprint density at radius 2 is 1.02 bits per heavy atom. The van der Waals surface area contributed by atoms with Crippen molar-refractivity contribution in [2.24, 2.45) is 20.5 Å². The van der Waals surface area contributed by atoms with Crippen molar-refractivity contribution in [2.45, 2.75) is 24.5 Å². The molecule has 57 heavy (non-hydrogen) atoms. The molecule has 302 valence electrons. The first-order valence-electron chi connectivity index (χ1n) is 14.1. The molecule has 0 saturated carbocycles. The summed E-state index contributed by atoms with van der Waals surface area (Å²) in [6.45, 7) is 0. The Kier molecular flexibility index (Phi) is 10.2. The minimum Gasteiger partial charge on any atom is -0.505 e. The molecule has 0 aliphatic heterocycles. The fourth-order valence-electron chi connectivity index (χ4n) is 5.19. The molecule has 0 heterocycles. The number of phenolic OH excluding ortho intramolecular Hbond substituents is 2. The van der Waals surface area contributed by atoms with Gasteiger partial charge < -0.3 is 21.7 Å². The van der Waals surface area contributed by atoms with E-state index < -0.39 is 153 Å². The number of nitrogen functional groups attached to an aromatic ring is 2. The number of nitrogens with zero attached hydrogens (tertiary/aromatic N) is 5. The molecule has 0 saturated heterocycles. The van der Waals surface area contributed by atoms with Crippen molar-refractivity contribution in [3.8, 4) is 11.5 Å². The maximum absolute atomic E-state index is 12.5. The summed E-state index contributed by atoms with van der Waals surface area (Å²) in [4.78, 5) is 3.55. The molecular weight excluding hydrogens is 875 g/mol. The van der Waals surface area contributed by atoms with Crippen molar-refractivity contribution in [1.29, 1.82) is 0 Å². The standard InChI is InChI=1S/C26H19N7O19S5/c27-21-15(31-30-14-4-2-10-11(26(14)57(50,51)52)6-18(55(44,45)46)22(28)24(10)34)8-16(53(38,39)40)12-7-19(56(47,48)49)23(25(35)20(12)21)32-29-13-3-1-9(33(36)37)5-17(13)54(41,42)43/h1-8,34-35H,27-28H2,(H,38,39,40)(H,41,42,43)(H,44,45,46)(H,47,48,49)(H,50,51,52). The van der Waals surface area contributed by atoms with E-state index in [-0.39, 0.29) is 0 Å². The maximum atomic E-state index is 12.5. The van der Waals surface area contributed by atoms with Crippen molar-refractivity contribution in [2.75, 3.05) is 11.5 Å². The van der Waals surface area contributed by atoms with Crippen LogP contribution >= 0.6 is 0 Å². The molecule has 0 fully saturated rings. The van der Waals surface area contributed by atoms with Crippen LogP contribution in [0.4, 0.5) is 39.8 Å². The lowest BCUT2D eigenvalue weighted by atomic mass is 10.0. The van der Waals surface area contributed by atoms with Crippen LogP contribution in [0.2, 0.25) is 0 Å². The number of non-ortho nitro benzene ring substituents is 1. The molecule has 0 radical (unpaired) electrons. The van der Waals surface area contributed by atoms with Gasteiger partial charge in [0.15, 0.2) is 5.75 Å². The minimum atomic E-state index is -5.58. The molecule has 0 bridgehead atoms. The molecule has 0 aromatic heterocycles. The van der Waals surface area contributed by atoms with Gasteiger partial charge in [0, 0.05) is 28.3 Å². The van der Waals surface area contributed by atoms with Crippen molar-refractivity contribution in [1.82, 2.24) is 0 Å². The van der Waals surface area contributed by atoms with E-state index in [4.69, 9.17) is 11.5 Å². The molecule has 0 aliphatic rings. The second-order valence-electron chi connectivity index (χ2n) is 11.1. The highest BCUT2D eigenvalue weighted by molar-refractivity contribution is 7.87. The lowest BCUT2D eigenvalue weighted by Crippen LogP contribution is -2.06. The number of azo groups is 2. The summed E-state index contributed by atoms with van der Waals surface area (Å²) in [7, 11) is -27.2. The summed E-state index contributed by atoms with van der Waals surface area (Å²) in [5.74, 6) is -2.56. The van der Waals surface area contributed by atoms with E-state index in [9.17, 15) is 85.2 Å². The Labute approximate surface area is 317 Å². The fourth-order valence-corrected chi connectivity index (χ4v) is 8.64. The summed E-state index contributed by atoms with van der Waals surface area (Å²) < 4.78 is 172. The lowest BCUT2D eigenvalue weighted by Gasteiger charge is -2.15. The molecule has 31 heteroatoms. The summed E-state index contributed by atoms with van der Waals surface area (Å²) >= 11 is 0. The average molecular weight is 894 g/mol. The van der Waals surface area contributed by atoms with Gasteiger partial charge in [-0.1, -0.05) is 0 Å². The predicted molar refractivity (Wildman–Crippen MR) is 191 cm³/mol. The van der Waals surface area contributed by atoms with Crippen LogP contribution in [0.1, 0.15) is 0 Å². The molecule has 26 nitrogen and oxygen atoms in total. The third-order valence-electron chi connectivity index (χ3n) is 7.59. The zero-order valence-corrected chi connectivity index (χ0v) is 31.2. The molecule has 0 unspecified atom stereocenters.